The van der Waals surface area contributed by atoms with Crippen molar-refractivity contribution >= 4 is 22.8 Å². The Bertz CT molecular complexity index is 646. The molecule has 1 aliphatic carbocycles. The number of aromatic nitrogens is 1. The lowest BCUT2D eigenvalue weighted by Crippen LogP contribution is -2.31. The average molecular weight is 305 g/mol. The molecular weight excluding hydrogens is 290 g/mol. The fourth-order valence-electron chi connectivity index (χ4n) is 2.29. The summed E-state index contributed by atoms with van der Waals surface area (Å²) < 4.78 is 0. The Kier molecular flexibility index (Phi) is 3.85. The summed E-state index contributed by atoms with van der Waals surface area (Å²) in [6.07, 6.45) is 3.48. The van der Waals surface area contributed by atoms with Gasteiger partial charge in [-0.25, -0.2) is 0 Å². The first-order chi connectivity index (χ1) is 10.1. The SMILES string of the molecule is O=C(CN(Cc1ccsc1)C1CC1)c1cc([N+](=O)[O-])c[nH]1. The second-order valence-electron chi connectivity index (χ2n) is 5.22. The Hall–Kier alpha value is -1.99. The largest absolute Gasteiger partial charge is 0.353 e. The van der Waals surface area contributed by atoms with E-state index >= 15 is 0 Å². The Morgan fingerprint density at radius 2 is 2.33 bits per heavy atom. The summed E-state index contributed by atoms with van der Waals surface area (Å²) in [6.45, 7) is 1.04. The number of nitrogens with zero attached hydrogens (tertiary/aromatic N) is 2. The molecule has 1 N–H and O–H groups in total. The second kappa shape index (κ2) is 5.79. The van der Waals surface area contributed by atoms with E-state index in [1.807, 2.05) is 5.38 Å². The van der Waals surface area contributed by atoms with E-state index in [4.69, 9.17) is 0 Å². The maximum absolute atomic E-state index is 12.3. The van der Waals surface area contributed by atoms with Crippen LogP contribution in [0.25, 0.3) is 0 Å². The topological polar surface area (TPSA) is 79.2 Å². The lowest BCUT2D eigenvalue weighted by molar-refractivity contribution is -0.384. The van der Waals surface area contributed by atoms with E-state index in [-0.39, 0.29) is 18.0 Å². The van der Waals surface area contributed by atoms with Crippen LogP contribution in [0.3, 0.4) is 0 Å². The number of rotatable bonds is 7. The van der Waals surface area contributed by atoms with Crippen molar-refractivity contribution in [3.8, 4) is 0 Å². The van der Waals surface area contributed by atoms with E-state index in [1.165, 1.54) is 17.8 Å². The number of ketones is 1. The van der Waals surface area contributed by atoms with Crippen LogP contribution in [0.4, 0.5) is 5.69 Å². The third-order valence-corrected chi connectivity index (χ3v) is 4.29. The highest BCUT2D eigenvalue weighted by molar-refractivity contribution is 7.07. The zero-order chi connectivity index (χ0) is 14.8. The zero-order valence-electron chi connectivity index (χ0n) is 11.3. The molecule has 1 aliphatic rings. The Balaban J connectivity index is 1.67. The smallest absolute Gasteiger partial charge is 0.287 e. The van der Waals surface area contributed by atoms with Gasteiger partial charge in [0.2, 0.25) is 0 Å². The van der Waals surface area contributed by atoms with E-state index in [0.29, 0.717) is 11.7 Å². The van der Waals surface area contributed by atoms with E-state index in [0.717, 1.165) is 19.4 Å². The van der Waals surface area contributed by atoms with Crippen molar-refractivity contribution in [2.45, 2.75) is 25.4 Å². The van der Waals surface area contributed by atoms with Crippen LogP contribution in [0.5, 0.6) is 0 Å². The number of aromatic amines is 1. The third kappa shape index (κ3) is 3.37. The number of Topliss-reactive ketones (excluding diaryl/α,β-unsaturated/α-hetero) is 1. The highest BCUT2D eigenvalue weighted by Gasteiger charge is 2.31. The zero-order valence-corrected chi connectivity index (χ0v) is 12.1. The summed E-state index contributed by atoms with van der Waals surface area (Å²) in [5.41, 5.74) is 1.43. The predicted molar refractivity (Wildman–Crippen MR) is 79.5 cm³/mol. The first-order valence-electron chi connectivity index (χ1n) is 6.74. The number of thiophene rings is 1. The maximum Gasteiger partial charge on any atom is 0.287 e. The fraction of sp³-hybridized carbons (Fsp3) is 0.357. The molecule has 0 bridgehead atoms. The van der Waals surface area contributed by atoms with E-state index in [2.05, 4.69) is 21.3 Å². The van der Waals surface area contributed by atoms with E-state index in [1.54, 1.807) is 11.3 Å². The molecule has 2 heterocycles. The van der Waals surface area contributed by atoms with Crippen molar-refractivity contribution in [2.75, 3.05) is 6.54 Å². The molecule has 0 amide bonds. The van der Waals surface area contributed by atoms with Gasteiger partial charge in [0.25, 0.3) is 5.69 Å². The first kappa shape index (κ1) is 14.0. The standard InChI is InChI=1S/C14H15N3O3S/c18-14(13-5-12(6-15-13)17(19)20)8-16(11-1-2-11)7-10-3-4-21-9-10/h3-6,9,11,15H,1-2,7-8H2. The van der Waals surface area contributed by atoms with Gasteiger partial charge in [-0.2, -0.15) is 11.3 Å². The minimum atomic E-state index is -0.503. The fourth-order valence-corrected chi connectivity index (χ4v) is 2.95. The van der Waals surface area contributed by atoms with Gasteiger partial charge in [-0.3, -0.25) is 19.8 Å². The van der Waals surface area contributed by atoms with Gasteiger partial charge in [-0.15, -0.1) is 0 Å². The second-order valence-corrected chi connectivity index (χ2v) is 6.00. The summed E-state index contributed by atoms with van der Waals surface area (Å²) in [4.78, 5) is 27.3. The molecule has 21 heavy (non-hydrogen) atoms. The monoisotopic (exact) mass is 305 g/mol. The summed E-state index contributed by atoms with van der Waals surface area (Å²) in [5.74, 6) is -0.106. The van der Waals surface area contributed by atoms with Gasteiger partial charge in [-0.1, -0.05) is 0 Å². The van der Waals surface area contributed by atoms with Crippen molar-refractivity contribution < 1.29 is 9.72 Å². The van der Waals surface area contributed by atoms with Gasteiger partial charge in [-0.05, 0) is 35.2 Å². The summed E-state index contributed by atoms with van der Waals surface area (Å²) in [7, 11) is 0. The normalized spacial score (nSPS) is 14.5. The van der Waals surface area contributed by atoms with Crippen LogP contribution in [0.2, 0.25) is 0 Å². The van der Waals surface area contributed by atoms with Crippen LogP contribution in [0.15, 0.2) is 29.1 Å². The quantitative estimate of drug-likeness (QED) is 0.484. The molecule has 1 saturated carbocycles. The number of hydrogen-bond acceptors (Lipinski definition) is 5. The highest BCUT2D eigenvalue weighted by atomic mass is 32.1. The van der Waals surface area contributed by atoms with Crippen LogP contribution in [-0.4, -0.2) is 33.2 Å². The minimum absolute atomic E-state index is 0.0749. The molecule has 3 rings (SSSR count). The number of nitrogens with one attached hydrogen (secondary N) is 1. The molecule has 7 heteroatoms. The lowest BCUT2D eigenvalue weighted by atomic mass is 10.2. The number of hydrogen-bond donors (Lipinski definition) is 1. The van der Waals surface area contributed by atoms with Crippen LogP contribution >= 0.6 is 11.3 Å². The lowest BCUT2D eigenvalue weighted by Gasteiger charge is -2.20. The van der Waals surface area contributed by atoms with Gasteiger partial charge >= 0.3 is 0 Å². The molecule has 6 nitrogen and oxygen atoms in total. The Morgan fingerprint density at radius 1 is 1.52 bits per heavy atom. The predicted octanol–water partition coefficient (Wildman–Crippen LogP) is 2.83. The average Bonchev–Trinajstić information content (AvgIpc) is 2.97. The van der Waals surface area contributed by atoms with Crippen molar-refractivity contribution in [3.05, 3.63) is 50.5 Å². The first-order valence-corrected chi connectivity index (χ1v) is 7.69. The van der Waals surface area contributed by atoms with E-state index in [9.17, 15) is 14.9 Å². The molecule has 0 atom stereocenters. The molecule has 0 radical (unpaired) electrons. The number of carbonyl (C=O) groups is 1. The molecule has 110 valence electrons. The maximum atomic E-state index is 12.3. The van der Waals surface area contributed by atoms with Crippen molar-refractivity contribution in [3.63, 3.8) is 0 Å². The van der Waals surface area contributed by atoms with Crippen LogP contribution in [-0.2, 0) is 6.54 Å². The van der Waals surface area contributed by atoms with Crippen molar-refractivity contribution in [1.29, 1.82) is 0 Å². The van der Waals surface area contributed by atoms with Gasteiger partial charge < -0.3 is 4.98 Å². The van der Waals surface area contributed by atoms with Gasteiger partial charge in [0.05, 0.1) is 23.4 Å². The molecule has 0 spiro atoms. The van der Waals surface area contributed by atoms with Gasteiger partial charge in [0.15, 0.2) is 5.78 Å². The molecule has 1 fully saturated rings. The van der Waals surface area contributed by atoms with Crippen molar-refractivity contribution in [2.24, 2.45) is 0 Å². The molecular formula is C14H15N3O3S. The molecule has 2 aromatic rings. The Labute approximate surface area is 125 Å². The number of carbonyl (C=O) groups excluding carboxylic acids is 1. The van der Waals surface area contributed by atoms with Crippen LogP contribution in [0, 0.1) is 10.1 Å². The molecule has 0 unspecified atom stereocenters. The molecule has 2 aromatic heterocycles. The Morgan fingerprint density at radius 3 is 2.90 bits per heavy atom. The highest BCUT2D eigenvalue weighted by Crippen LogP contribution is 2.29. The molecule has 0 saturated heterocycles. The van der Waals surface area contributed by atoms with Crippen LogP contribution in [0.1, 0.15) is 28.9 Å². The van der Waals surface area contributed by atoms with Crippen LogP contribution < -0.4 is 0 Å². The van der Waals surface area contributed by atoms with E-state index < -0.39 is 4.92 Å². The molecule has 0 aliphatic heterocycles. The van der Waals surface area contributed by atoms with Gasteiger partial charge in [0, 0.05) is 18.7 Å². The molecule has 0 aromatic carbocycles. The third-order valence-electron chi connectivity index (χ3n) is 3.55. The number of H-pyrrole nitrogens is 1. The summed E-state index contributed by atoms with van der Waals surface area (Å²) in [6, 6.07) is 3.82. The van der Waals surface area contributed by atoms with Crippen molar-refractivity contribution in [1.82, 2.24) is 9.88 Å². The minimum Gasteiger partial charge on any atom is -0.353 e. The van der Waals surface area contributed by atoms with Gasteiger partial charge in [0.1, 0.15) is 0 Å². The summed E-state index contributed by atoms with van der Waals surface area (Å²) >= 11 is 1.64. The summed E-state index contributed by atoms with van der Waals surface area (Å²) in [5, 5.41) is 14.8. The number of nitro groups is 1.